The van der Waals surface area contributed by atoms with Crippen molar-refractivity contribution in [3.05, 3.63) is 18.2 Å². The first-order chi connectivity index (χ1) is 15.3. The molecule has 0 N–H and O–H groups in total. The number of fused-ring (bicyclic) bond motifs is 1. The number of aromatic nitrogens is 1. The van der Waals surface area contributed by atoms with Gasteiger partial charge in [-0.3, -0.25) is 0 Å². The Morgan fingerprint density at radius 3 is 2.62 bits per heavy atom. The fourth-order valence-electron chi connectivity index (χ4n) is 4.40. The second-order valence-electron chi connectivity index (χ2n) is 9.70. The summed E-state index contributed by atoms with van der Waals surface area (Å²) >= 11 is 0. The number of amides is 1. The molecule has 1 saturated heterocycles. The minimum atomic E-state index is -0.480. The van der Waals surface area contributed by atoms with Gasteiger partial charge in [0, 0.05) is 20.2 Å². The Labute approximate surface area is 189 Å². The van der Waals surface area contributed by atoms with Gasteiger partial charge in [-0.25, -0.2) is 4.79 Å². The Hall–Kier alpha value is -2.48. The third-order valence-corrected chi connectivity index (χ3v) is 6.12. The molecule has 1 aliphatic heterocycles. The quantitative estimate of drug-likeness (QED) is 0.630. The summed E-state index contributed by atoms with van der Waals surface area (Å²) in [7, 11) is 1.73. The molecule has 4 rings (SSSR count). The summed E-state index contributed by atoms with van der Waals surface area (Å²) in [4.78, 5) is 14.0. The van der Waals surface area contributed by atoms with Crippen LogP contribution in [-0.4, -0.2) is 60.8 Å². The predicted octanol–water partition coefficient (Wildman–Crippen LogP) is 4.80. The van der Waals surface area contributed by atoms with Crippen molar-refractivity contribution in [2.24, 2.45) is 5.92 Å². The second-order valence-corrected chi connectivity index (χ2v) is 9.70. The van der Waals surface area contributed by atoms with Crippen molar-refractivity contribution in [1.82, 2.24) is 10.1 Å². The largest absolute Gasteiger partial charge is 0.487 e. The Kier molecular flexibility index (Phi) is 6.79. The Bertz CT molecular complexity index is 913. The van der Waals surface area contributed by atoms with Gasteiger partial charge in [-0.1, -0.05) is 6.07 Å². The lowest BCUT2D eigenvalue weighted by Gasteiger charge is -2.33. The van der Waals surface area contributed by atoms with E-state index in [9.17, 15) is 4.79 Å². The van der Waals surface area contributed by atoms with E-state index in [2.05, 4.69) is 5.16 Å². The molecule has 1 amide bonds. The van der Waals surface area contributed by atoms with Crippen molar-refractivity contribution in [3.8, 4) is 11.6 Å². The highest BCUT2D eigenvalue weighted by atomic mass is 16.6. The number of likely N-dealkylation sites (tertiary alicyclic amines) is 1. The molecule has 0 bridgehead atoms. The van der Waals surface area contributed by atoms with E-state index in [1.165, 1.54) is 0 Å². The molecule has 1 aliphatic carbocycles. The molecule has 0 spiro atoms. The van der Waals surface area contributed by atoms with E-state index in [4.69, 9.17) is 23.5 Å². The molecule has 1 saturated carbocycles. The van der Waals surface area contributed by atoms with Crippen LogP contribution in [0.25, 0.3) is 11.0 Å². The zero-order chi connectivity index (χ0) is 22.7. The molecule has 176 valence electrons. The van der Waals surface area contributed by atoms with Crippen molar-refractivity contribution >= 4 is 17.1 Å². The van der Waals surface area contributed by atoms with Crippen molar-refractivity contribution < 1.29 is 28.3 Å². The molecule has 2 unspecified atom stereocenters. The van der Waals surface area contributed by atoms with Crippen LogP contribution in [0.2, 0.25) is 0 Å². The first kappa shape index (κ1) is 22.7. The number of carbonyl (C=O) groups excluding carboxylic acids is 1. The van der Waals surface area contributed by atoms with Crippen LogP contribution in [0.4, 0.5) is 4.79 Å². The Morgan fingerprint density at radius 1 is 1.16 bits per heavy atom. The third kappa shape index (κ3) is 5.28. The first-order valence-corrected chi connectivity index (χ1v) is 11.5. The van der Waals surface area contributed by atoms with E-state index in [0.29, 0.717) is 42.8 Å². The van der Waals surface area contributed by atoms with Gasteiger partial charge in [0.2, 0.25) is 0 Å². The predicted molar refractivity (Wildman–Crippen MR) is 119 cm³/mol. The lowest BCUT2D eigenvalue weighted by Crippen LogP contribution is -2.42. The lowest BCUT2D eigenvalue weighted by molar-refractivity contribution is 0.0163. The first-order valence-electron chi connectivity index (χ1n) is 11.5. The van der Waals surface area contributed by atoms with E-state index in [-0.39, 0.29) is 18.3 Å². The summed E-state index contributed by atoms with van der Waals surface area (Å²) in [6.45, 7) is 7.49. The molecule has 1 aromatic carbocycles. The highest BCUT2D eigenvalue weighted by Crippen LogP contribution is 2.37. The lowest BCUT2D eigenvalue weighted by atomic mass is 9.98. The monoisotopic (exact) mass is 446 g/mol. The van der Waals surface area contributed by atoms with Crippen LogP contribution in [0, 0.1) is 5.92 Å². The van der Waals surface area contributed by atoms with Gasteiger partial charge in [0.25, 0.3) is 5.88 Å². The highest BCUT2D eigenvalue weighted by molar-refractivity contribution is 5.88. The molecule has 2 heterocycles. The van der Waals surface area contributed by atoms with Gasteiger partial charge < -0.3 is 28.4 Å². The van der Waals surface area contributed by atoms with Crippen molar-refractivity contribution in [2.45, 2.75) is 70.7 Å². The minimum absolute atomic E-state index is 0.0190. The molecule has 0 radical (unpaired) electrons. The average molecular weight is 447 g/mol. The molecule has 2 fully saturated rings. The maximum Gasteiger partial charge on any atom is 0.410 e. The number of piperidine rings is 1. The maximum absolute atomic E-state index is 12.3. The zero-order valence-corrected chi connectivity index (χ0v) is 19.5. The fourth-order valence-corrected chi connectivity index (χ4v) is 4.40. The van der Waals surface area contributed by atoms with Crippen LogP contribution < -0.4 is 9.47 Å². The SMILES string of the molecule is COC1CCCC1Oc1cccc2onc(OCC3CCN(C(=O)OC(C)(C)C)CC3)c12. The maximum atomic E-state index is 12.3. The molecule has 2 aliphatic rings. The number of hydrogen-bond donors (Lipinski definition) is 0. The van der Waals surface area contributed by atoms with Crippen LogP contribution in [0.3, 0.4) is 0 Å². The number of hydrogen-bond acceptors (Lipinski definition) is 7. The normalized spacial score (nSPS) is 22.3. The fraction of sp³-hybridized carbons (Fsp3) is 0.667. The van der Waals surface area contributed by atoms with Crippen LogP contribution in [-0.2, 0) is 9.47 Å². The van der Waals surface area contributed by atoms with E-state index in [1.807, 2.05) is 39.0 Å². The Balaban J connectivity index is 1.36. The zero-order valence-electron chi connectivity index (χ0n) is 19.5. The van der Waals surface area contributed by atoms with E-state index >= 15 is 0 Å². The van der Waals surface area contributed by atoms with Gasteiger partial charge in [0.05, 0.1) is 12.7 Å². The molecule has 32 heavy (non-hydrogen) atoms. The van der Waals surface area contributed by atoms with E-state index in [0.717, 1.165) is 37.5 Å². The van der Waals surface area contributed by atoms with Crippen molar-refractivity contribution in [3.63, 3.8) is 0 Å². The van der Waals surface area contributed by atoms with Crippen LogP contribution >= 0.6 is 0 Å². The van der Waals surface area contributed by atoms with Crippen molar-refractivity contribution in [2.75, 3.05) is 26.8 Å². The number of nitrogens with zero attached hydrogens (tertiary/aromatic N) is 2. The number of rotatable bonds is 6. The minimum Gasteiger partial charge on any atom is -0.487 e. The Morgan fingerprint density at radius 2 is 1.91 bits per heavy atom. The van der Waals surface area contributed by atoms with Crippen molar-refractivity contribution in [1.29, 1.82) is 0 Å². The van der Waals surface area contributed by atoms with Gasteiger partial charge >= 0.3 is 6.09 Å². The average Bonchev–Trinajstić information content (AvgIpc) is 3.38. The summed E-state index contributed by atoms with van der Waals surface area (Å²) in [5.74, 6) is 1.51. The number of ether oxygens (including phenoxy) is 4. The molecule has 1 aromatic heterocycles. The molecule has 8 heteroatoms. The highest BCUT2D eigenvalue weighted by Gasteiger charge is 2.31. The van der Waals surface area contributed by atoms with Gasteiger partial charge in [0.15, 0.2) is 5.58 Å². The molecular formula is C24H34N2O6. The third-order valence-electron chi connectivity index (χ3n) is 6.12. The molecular weight excluding hydrogens is 412 g/mol. The van der Waals surface area contributed by atoms with E-state index < -0.39 is 5.60 Å². The summed E-state index contributed by atoms with van der Waals surface area (Å²) in [6, 6.07) is 5.69. The number of carbonyl (C=O) groups is 1. The summed E-state index contributed by atoms with van der Waals surface area (Å²) < 4.78 is 28.9. The summed E-state index contributed by atoms with van der Waals surface area (Å²) in [5, 5.41) is 4.91. The number of benzene rings is 1. The van der Waals surface area contributed by atoms with Gasteiger partial charge in [-0.2, -0.15) is 0 Å². The van der Waals surface area contributed by atoms with Crippen LogP contribution in [0.5, 0.6) is 11.6 Å². The summed E-state index contributed by atoms with van der Waals surface area (Å²) in [6.07, 6.45) is 4.65. The molecule has 2 aromatic rings. The van der Waals surface area contributed by atoms with Gasteiger partial charge in [-0.15, -0.1) is 0 Å². The molecule has 2 atom stereocenters. The smallest absolute Gasteiger partial charge is 0.410 e. The van der Waals surface area contributed by atoms with Gasteiger partial charge in [0.1, 0.15) is 22.8 Å². The van der Waals surface area contributed by atoms with Crippen LogP contribution in [0.1, 0.15) is 52.9 Å². The topological polar surface area (TPSA) is 83.3 Å². The number of methoxy groups -OCH3 is 1. The molecule has 8 nitrogen and oxygen atoms in total. The van der Waals surface area contributed by atoms with E-state index in [1.54, 1.807) is 12.0 Å². The van der Waals surface area contributed by atoms with Gasteiger partial charge in [-0.05, 0) is 76.1 Å². The summed E-state index contributed by atoms with van der Waals surface area (Å²) in [5.41, 5.74) is 0.163. The standard InChI is InChI=1S/C24H34N2O6/c1-24(2,3)31-23(27)26-13-11-16(12-14-26)15-29-22-21-19(9-6-10-20(21)32-25-22)30-18-8-5-7-17(18)28-4/h6,9-10,16-18H,5,7-8,11-15H2,1-4H3. The second kappa shape index (κ2) is 9.57. The van der Waals surface area contributed by atoms with Crippen LogP contribution in [0.15, 0.2) is 22.7 Å².